The first kappa shape index (κ1) is 16.0. The number of rotatable bonds is 4. The number of hydrogen-bond donors (Lipinski definition) is 0. The highest BCUT2D eigenvalue weighted by Gasteiger charge is 2.18. The number of carbonyl (C=O) groups is 1. The predicted molar refractivity (Wildman–Crippen MR) is 97.7 cm³/mol. The molecule has 1 atom stereocenters. The van der Waals surface area contributed by atoms with Gasteiger partial charge in [-0.1, -0.05) is 72.8 Å². The average molecular weight is 316 g/mol. The molecule has 24 heavy (non-hydrogen) atoms. The quantitative estimate of drug-likeness (QED) is 0.611. The molecule has 3 rings (SSSR count). The Labute approximate surface area is 142 Å². The van der Waals surface area contributed by atoms with Crippen molar-refractivity contribution >= 4 is 5.97 Å². The molecule has 3 aromatic carbocycles. The van der Waals surface area contributed by atoms with Crippen LogP contribution in [0.5, 0.6) is 0 Å². The van der Waals surface area contributed by atoms with Crippen molar-refractivity contribution in [2.75, 3.05) is 7.11 Å². The number of methoxy groups -OCH3 is 1. The number of hydrogen-bond acceptors (Lipinski definition) is 2. The Bertz CT molecular complexity index is 823. The van der Waals surface area contributed by atoms with Crippen molar-refractivity contribution < 1.29 is 9.53 Å². The van der Waals surface area contributed by atoms with Gasteiger partial charge in [-0.25, -0.2) is 0 Å². The lowest BCUT2D eigenvalue weighted by Gasteiger charge is -2.15. The maximum absolute atomic E-state index is 11.9. The van der Waals surface area contributed by atoms with Crippen LogP contribution in [0.25, 0.3) is 22.3 Å². The van der Waals surface area contributed by atoms with Gasteiger partial charge in [-0.15, -0.1) is 0 Å². The molecule has 0 aliphatic rings. The third kappa shape index (κ3) is 3.23. The van der Waals surface area contributed by atoms with E-state index in [4.69, 9.17) is 4.74 Å². The smallest absolute Gasteiger partial charge is 0.312 e. The number of ether oxygens (including phenoxy) is 1. The van der Waals surface area contributed by atoms with E-state index in [0.717, 1.165) is 27.8 Å². The van der Waals surface area contributed by atoms with Gasteiger partial charge in [0.15, 0.2) is 0 Å². The monoisotopic (exact) mass is 316 g/mol. The lowest BCUT2D eigenvalue weighted by Crippen LogP contribution is -2.10. The lowest BCUT2D eigenvalue weighted by atomic mass is 9.90. The second kappa shape index (κ2) is 7.14. The van der Waals surface area contributed by atoms with E-state index >= 15 is 0 Å². The molecular formula is C22H20O2. The molecule has 2 heteroatoms. The van der Waals surface area contributed by atoms with E-state index in [2.05, 4.69) is 36.4 Å². The molecule has 120 valence electrons. The van der Waals surface area contributed by atoms with Gasteiger partial charge in [-0.3, -0.25) is 4.79 Å². The fourth-order valence-electron chi connectivity index (χ4n) is 2.87. The van der Waals surface area contributed by atoms with Crippen LogP contribution in [-0.4, -0.2) is 13.1 Å². The van der Waals surface area contributed by atoms with Gasteiger partial charge in [-0.05, 0) is 40.8 Å². The maximum Gasteiger partial charge on any atom is 0.312 e. The molecule has 1 unspecified atom stereocenters. The molecule has 0 fully saturated rings. The largest absolute Gasteiger partial charge is 0.469 e. The zero-order valence-corrected chi connectivity index (χ0v) is 13.9. The van der Waals surface area contributed by atoms with E-state index in [1.54, 1.807) is 0 Å². The molecule has 2 nitrogen and oxygen atoms in total. The van der Waals surface area contributed by atoms with Gasteiger partial charge in [0.1, 0.15) is 0 Å². The van der Waals surface area contributed by atoms with Crippen LogP contribution in [0, 0.1) is 0 Å². The highest BCUT2D eigenvalue weighted by Crippen LogP contribution is 2.34. The fourth-order valence-corrected chi connectivity index (χ4v) is 2.87. The SMILES string of the molecule is COC(=O)C(C)c1ccc(-c2ccccc2)c(-c2ccccc2)c1. The topological polar surface area (TPSA) is 26.3 Å². The van der Waals surface area contributed by atoms with Crippen LogP contribution < -0.4 is 0 Å². The van der Waals surface area contributed by atoms with Crippen molar-refractivity contribution in [3.63, 3.8) is 0 Å². The highest BCUT2D eigenvalue weighted by atomic mass is 16.5. The fraction of sp³-hybridized carbons (Fsp3) is 0.136. The summed E-state index contributed by atoms with van der Waals surface area (Å²) in [6.45, 7) is 1.87. The highest BCUT2D eigenvalue weighted by molar-refractivity contribution is 5.85. The summed E-state index contributed by atoms with van der Waals surface area (Å²) in [5.74, 6) is -0.510. The molecule has 0 N–H and O–H groups in total. The Hall–Kier alpha value is -2.87. The second-order valence-corrected chi connectivity index (χ2v) is 5.78. The van der Waals surface area contributed by atoms with Gasteiger partial charge in [0.25, 0.3) is 0 Å². The molecule has 0 bridgehead atoms. The van der Waals surface area contributed by atoms with Gasteiger partial charge < -0.3 is 4.74 Å². The summed E-state index contributed by atoms with van der Waals surface area (Å²) in [4.78, 5) is 11.9. The Morgan fingerprint density at radius 1 is 0.792 bits per heavy atom. The summed E-state index contributed by atoms with van der Waals surface area (Å²) in [6.07, 6.45) is 0. The molecular weight excluding hydrogens is 296 g/mol. The van der Waals surface area contributed by atoms with Gasteiger partial charge in [0.2, 0.25) is 0 Å². The van der Waals surface area contributed by atoms with Gasteiger partial charge in [-0.2, -0.15) is 0 Å². The zero-order valence-electron chi connectivity index (χ0n) is 13.9. The normalized spacial score (nSPS) is 11.8. The molecule has 0 aliphatic carbocycles. The van der Waals surface area contributed by atoms with Crippen LogP contribution in [0.3, 0.4) is 0 Å². The van der Waals surface area contributed by atoms with Crippen molar-refractivity contribution in [1.29, 1.82) is 0 Å². The Balaban J connectivity index is 2.15. The average Bonchev–Trinajstić information content (AvgIpc) is 2.67. The van der Waals surface area contributed by atoms with Gasteiger partial charge >= 0.3 is 5.97 Å². The van der Waals surface area contributed by atoms with Crippen molar-refractivity contribution in [3.05, 3.63) is 84.4 Å². The number of benzene rings is 3. The summed E-state index contributed by atoms with van der Waals surface area (Å²) < 4.78 is 4.89. The van der Waals surface area contributed by atoms with Crippen LogP contribution in [0.4, 0.5) is 0 Å². The van der Waals surface area contributed by atoms with Gasteiger partial charge in [0, 0.05) is 0 Å². The van der Waals surface area contributed by atoms with E-state index in [9.17, 15) is 4.79 Å². The molecule has 0 aromatic heterocycles. The predicted octanol–water partition coefficient (Wildman–Crippen LogP) is 5.30. The summed E-state index contributed by atoms with van der Waals surface area (Å²) in [5.41, 5.74) is 5.53. The number of esters is 1. The zero-order chi connectivity index (χ0) is 16.9. The summed E-state index contributed by atoms with van der Waals surface area (Å²) in [6, 6.07) is 26.7. The van der Waals surface area contributed by atoms with E-state index < -0.39 is 0 Å². The van der Waals surface area contributed by atoms with Gasteiger partial charge in [0.05, 0.1) is 13.0 Å². The molecule has 0 spiro atoms. The third-order valence-corrected chi connectivity index (χ3v) is 4.27. The minimum atomic E-state index is -0.290. The second-order valence-electron chi connectivity index (χ2n) is 5.78. The lowest BCUT2D eigenvalue weighted by molar-refractivity contribution is -0.141. The maximum atomic E-state index is 11.9. The van der Waals surface area contributed by atoms with E-state index in [1.165, 1.54) is 7.11 Å². The molecule has 0 aliphatic heterocycles. The van der Waals surface area contributed by atoms with Crippen LogP contribution in [-0.2, 0) is 9.53 Å². The van der Waals surface area contributed by atoms with Crippen molar-refractivity contribution in [1.82, 2.24) is 0 Å². The molecule has 3 aromatic rings. The molecule has 0 amide bonds. The number of carbonyl (C=O) groups excluding carboxylic acids is 1. The molecule has 0 heterocycles. The van der Waals surface area contributed by atoms with Crippen molar-refractivity contribution in [2.24, 2.45) is 0 Å². The summed E-state index contributed by atoms with van der Waals surface area (Å²) >= 11 is 0. The van der Waals surface area contributed by atoms with Crippen LogP contribution in [0.2, 0.25) is 0 Å². The third-order valence-electron chi connectivity index (χ3n) is 4.27. The minimum Gasteiger partial charge on any atom is -0.469 e. The summed E-state index contributed by atoms with van der Waals surface area (Å²) in [7, 11) is 1.43. The first-order valence-corrected chi connectivity index (χ1v) is 8.03. The van der Waals surface area contributed by atoms with E-state index in [-0.39, 0.29) is 11.9 Å². The standard InChI is InChI=1S/C22H20O2/c1-16(22(23)24-2)19-13-14-20(17-9-5-3-6-10-17)21(15-19)18-11-7-4-8-12-18/h3-16H,1-2H3. The van der Waals surface area contributed by atoms with Crippen molar-refractivity contribution in [3.8, 4) is 22.3 Å². The van der Waals surface area contributed by atoms with E-state index in [1.807, 2.05) is 49.4 Å². The Morgan fingerprint density at radius 2 is 1.33 bits per heavy atom. The summed E-state index contributed by atoms with van der Waals surface area (Å²) in [5, 5.41) is 0. The first-order chi connectivity index (χ1) is 11.7. The Kier molecular flexibility index (Phi) is 4.76. The Morgan fingerprint density at radius 3 is 1.88 bits per heavy atom. The molecule has 0 saturated carbocycles. The van der Waals surface area contributed by atoms with Crippen LogP contribution in [0.1, 0.15) is 18.4 Å². The minimum absolute atomic E-state index is 0.221. The van der Waals surface area contributed by atoms with Crippen LogP contribution in [0.15, 0.2) is 78.9 Å². The molecule has 0 radical (unpaired) electrons. The van der Waals surface area contributed by atoms with E-state index in [0.29, 0.717) is 0 Å². The van der Waals surface area contributed by atoms with Crippen molar-refractivity contribution in [2.45, 2.75) is 12.8 Å². The first-order valence-electron chi connectivity index (χ1n) is 8.03. The molecule has 0 saturated heterocycles. The van der Waals surface area contributed by atoms with Crippen LogP contribution >= 0.6 is 0 Å².